The maximum absolute atomic E-state index is 13.1. The number of sulfonamides is 1. The first-order chi connectivity index (χ1) is 13.9. The van der Waals surface area contributed by atoms with Gasteiger partial charge < -0.3 is 10.1 Å². The highest BCUT2D eigenvalue weighted by molar-refractivity contribution is 9.10. The van der Waals surface area contributed by atoms with Crippen molar-refractivity contribution in [1.82, 2.24) is 4.31 Å². The van der Waals surface area contributed by atoms with Gasteiger partial charge in [-0.2, -0.15) is 4.31 Å². The number of ether oxygens (including phenoxy) is 1. The monoisotopic (exact) mass is 480 g/mol. The van der Waals surface area contributed by atoms with Gasteiger partial charge in [0.1, 0.15) is 5.75 Å². The summed E-state index contributed by atoms with van der Waals surface area (Å²) in [6.07, 6.45) is 4.01. The van der Waals surface area contributed by atoms with Crippen molar-refractivity contribution in [2.24, 2.45) is 0 Å². The predicted molar refractivity (Wildman–Crippen MR) is 117 cm³/mol. The molecular formula is C21H25BrN2O4S. The molecule has 156 valence electrons. The number of nitrogens with one attached hydrogen (secondary N) is 1. The zero-order valence-electron chi connectivity index (χ0n) is 16.4. The van der Waals surface area contributed by atoms with E-state index in [1.54, 1.807) is 6.07 Å². The van der Waals surface area contributed by atoms with Crippen molar-refractivity contribution in [3.8, 4) is 5.75 Å². The molecule has 0 aliphatic carbocycles. The normalized spacial score (nSPS) is 15.5. The van der Waals surface area contributed by atoms with Crippen LogP contribution in [0.3, 0.4) is 0 Å². The summed E-state index contributed by atoms with van der Waals surface area (Å²) in [5, 5.41) is 2.79. The fraction of sp³-hybridized carbons (Fsp3) is 0.381. The number of nitrogens with zero attached hydrogens (tertiary/aromatic N) is 1. The maximum Gasteiger partial charge on any atom is 0.243 e. The van der Waals surface area contributed by atoms with Gasteiger partial charge in [0, 0.05) is 17.6 Å². The lowest BCUT2D eigenvalue weighted by Crippen LogP contribution is -2.32. The Kier molecular flexibility index (Phi) is 7.32. The molecule has 0 atom stereocenters. The third-order valence-corrected chi connectivity index (χ3v) is 7.35. The number of halogens is 1. The average molecular weight is 481 g/mol. The first-order valence-corrected chi connectivity index (χ1v) is 11.9. The minimum absolute atomic E-state index is 0.166. The van der Waals surface area contributed by atoms with E-state index in [-0.39, 0.29) is 17.2 Å². The summed E-state index contributed by atoms with van der Waals surface area (Å²) in [5.74, 6) is 0.180. The van der Waals surface area contributed by atoms with Gasteiger partial charge in [-0.3, -0.25) is 4.79 Å². The summed E-state index contributed by atoms with van der Waals surface area (Å²) in [5.41, 5.74) is 1.21. The number of rotatable bonds is 6. The Morgan fingerprint density at radius 3 is 2.34 bits per heavy atom. The Morgan fingerprint density at radius 1 is 1.07 bits per heavy atom. The zero-order valence-corrected chi connectivity index (χ0v) is 18.8. The number of anilines is 1. The van der Waals surface area contributed by atoms with E-state index >= 15 is 0 Å². The first kappa shape index (κ1) is 21.8. The molecular weight excluding hydrogens is 456 g/mol. The molecule has 1 aliphatic heterocycles. The molecule has 1 fully saturated rings. The summed E-state index contributed by atoms with van der Waals surface area (Å²) in [6, 6.07) is 12.1. The summed E-state index contributed by atoms with van der Waals surface area (Å²) in [4.78, 5) is 12.7. The second-order valence-electron chi connectivity index (χ2n) is 7.03. The van der Waals surface area contributed by atoms with E-state index in [2.05, 4.69) is 21.2 Å². The number of hydrogen-bond acceptors (Lipinski definition) is 4. The molecule has 2 aromatic rings. The second kappa shape index (κ2) is 9.73. The Bertz CT molecular complexity index is 953. The van der Waals surface area contributed by atoms with Crippen LogP contribution in [0.1, 0.15) is 31.2 Å². The van der Waals surface area contributed by atoms with Gasteiger partial charge in [-0.05, 0) is 48.7 Å². The number of benzene rings is 2. The van der Waals surface area contributed by atoms with E-state index < -0.39 is 10.0 Å². The molecule has 1 amide bonds. The molecule has 1 heterocycles. The molecule has 1 N–H and O–H groups in total. The largest absolute Gasteiger partial charge is 0.495 e. The van der Waals surface area contributed by atoms with Crippen molar-refractivity contribution >= 4 is 37.5 Å². The van der Waals surface area contributed by atoms with E-state index in [1.165, 1.54) is 23.5 Å². The van der Waals surface area contributed by atoms with E-state index in [0.717, 1.165) is 35.7 Å². The van der Waals surface area contributed by atoms with Crippen LogP contribution in [0, 0.1) is 0 Å². The summed E-state index contributed by atoms with van der Waals surface area (Å²) in [6.45, 7) is 1.05. The Hall–Kier alpha value is -1.90. The van der Waals surface area contributed by atoms with Gasteiger partial charge >= 0.3 is 0 Å². The molecule has 29 heavy (non-hydrogen) atoms. The van der Waals surface area contributed by atoms with Crippen LogP contribution in [0.4, 0.5) is 5.69 Å². The number of carbonyl (C=O) groups is 1. The van der Waals surface area contributed by atoms with E-state index in [0.29, 0.717) is 24.5 Å². The smallest absolute Gasteiger partial charge is 0.243 e. The summed E-state index contributed by atoms with van der Waals surface area (Å²) < 4.78 is 33.9. The number of hydrogen-bond donors (Lipinski definition) is 1. The second-order valence-corrected chi connectivity index (χ2v) is 9.89. The predicted octanol–water partition coefficient (Wildman–Crippen LogP) is 4.20. The SMILES string of the molecule is COc1ccc(S(=O)(=O)N2CCCCCC2)cc1NC(=O)Cc1ccc(Br)cc1. The lowest BCUT2D eigenvalue weighted by atomic mass is 10.1. The van der Waals surface area contributed by atoms with Gasteiger partial charge in [0.2, 0.25) is 15.9 Å². The van der Waals surface area contributed by atoms with E-state index in [9.17, 15) is 13.2 Å². The van der Waals surface area contributed by atoms with Crippen molar-refractivity contribution in [3.63, 3.8) is 0 Å². The molecule has 2 aromatic carbocycles. The molecule has 0 aromatic heterocycles. The van der Waals surface area contributed by atoms with Crippen molar-refractivity contribution in [1.29, 1.82) is 0 Å². The topological polar surface area (TPSA) is 75.7 Å². The Morgan fingerprint density at radius 2 is 1.72 bits per heavy atom. The Labute approximate surface area is 180 Å². The fourth-order valence-corrected chi connectivity index (χ4v) is 5.17. The third-order valence-electron chi connectivity index (χ3n) is 4.93. The molecule has 0 saturated carbocycles. The van der Waals surface area contributed by atoms with Crippen LogP contribution < -0.4 is 10.1 Å². The van der Waals surface area contributed by atoms with Gasteiger partial charge in [0.15, 0.2) is 0 Å². The maximum atomic E-state index is 13.1. The molecule has 0 unspecified atom stereocenters. The van der Waals surface area contributed by atoms with Crippen LogP contribution in [0.15, 0.2) is 51.8 Å². The molecule has 3 rings (SSSR count). The molecule has 1 aliphatic rings. The van der Waals surface area contributed by atoms with Gasteiger partial charge in [-0.1, -0.05) is 40.9 Å². The van der Waals surface area contributed by atoms with Crippen molar-refractivity contribution in [3.05, 3.63) is 52.5 Å². The summed E-state index contributed by atoms with van der Waals surface area (Å²) >= 11 is 3.37. The van der Waals surface area contributed by atoms with Crippen LogP contribution in [0.2, 0.25) is 0 Å². The molecule has 0 radical (unpaired) electrons. The molecule has 0 bridgehead atoms. The minimum atomic E-state index is -3.61. The summed E-state index contributed by atoms with van der Waals surface area (Å²) in [7, 11) is -2.12. The van der Waals surface area contributed by atoms with Gasteiger partial charge in [-0.15, -0.1) is 0 Å². The van der Waals surface area contributed by atoms with E-state index in [4.69, 9.17) is 4.74 Å². The van der Waals surface area contributed by atoms with Crippen LogP contribution in [-0.4, -0.2) is 38.8 Å². The number of carbonyl (C=O) groups excluding carboxylic acids is 1. The lowest BCUT2D eigenvalue weighted by molar-refractivity contribution is -0.115. The molecule has 6 nitrogen and oxygen atoms in total. The van der Waals surface area contributed by atoms with Gasteiger partial charge in [0.25, 0.3) is 0 Å². The molecule has 1 saturated heterocycles. The molecule has 8 heteroatoms. The van der Waals surface area contributed by atoms with Crippen LogP contribution in [0.5, 0.6) is 5.75 Å². The van der Waals surface area contributed by atoms with Crippen molar-refractivity contribution < 1.29 is 17.9 Å². The highest BCUT2D eigenvalue weighted by Gasteiger charge is 2.26. The quantitative estimate of drug-likeness (QED) is 0.671. The number of methoxy groups -OCH3 is 1. The van der Waals surface area contributed by atoms with Gasteiger partial charge in [-0.25, -0.2) is 8.42 Å². The Balaban J connectivity index is 1.80. The van der Waals surface area contributed by atoms with E-state index in [1.807, 2.05) is 24.3 Å². The zero-order chi connectivity index (χ0) is 20.9. The molecule has 0 spiro atoms. The van der Waals surface area contributed by atoms with Gasteiger partial charge in [0.05, 0.1) is 24.1 Å². The first-order valence-electron chi connectivity index (χ1n) is 9.62. The van der Waals surface area contributed by atoms with Crippen LogP contribution in [0.25, 0.3) is 0 Å². The highest BCUT2D eigenvalue weighted by atomic mass is 79.9. The highest BCUT2D eigenvalue weighted by Crippen LogP contribution is 2.30. The van der Waals surface area contributed by atoms with Crippen molar-refractivity contribution in [2.75, 3.05) is 25.5 Å². The standard InChI is InChI=1S/C21H25BrN2O4S/c1-28-20-11-10-18(29(26,27)24-12-4-2-3-5-13-24)15-19(20)23-21(25)14-16-6-8-17(22)9-7-16/h6-11,15H,2-5,12-14H2,1H3,(H,23,25). The fourth-order valence-electron chi connectivity index (χ4n) is 3.36. The average Bonchev–Trinajstić information content (AvgIpc) is 3.00. The number of amides is 1. The lowest BCUT2D eigenvalue weighted by Gasteiger charge is -2.21. The minimum Gasteiger partial charge on any atom is -0.495 e. The van der Waals surface area contributed by atoms with Crippen molar-refractivity contribution in [2.45, 2.75) is 37.0 Å². The van der Waals surface area contributed by atoms with Crippen LogP contribution >= 0.6 is 15.9 Å². The third kappa shape index (κ3) is 5.58. The van der Waals surface area contributed by atoms with Crippen LogP contribution in [-0.2, 0) is 21.2 Å².